The van der Waals surface area contributed by atoms with Gasteiger partial charge in [0, 0.05) is 22.0 Å². The molecule has 0 aliphatic carbocycles. The van der Waals surface area contributed by atoms with Gasteiger partial charge in [-0.3, -0.25) is 0 Å². The van der Waals surface area contributed by atoms with Crippen LogP contribution in [-0.4, -0.2) is 38.8 Å². The van der Waals surface area contributed by atoms with Gasteiger partial charge in [-0.05, 0) is 43.0 Å². The van der Waals surface area contributed by atoms with Gasteiger partial charge in [-0.25, -0.2) is 4.79 Å². The molecule has 5 nitrogen and oxygen atoms in total. The highest BCUT2D eigenvalue weighted by Gasteiger charge is 2.14. The predicted molar refractivity (Wildman–Crippen MR) is 97.8 cm³/mol. The molecular formula is C18H24Cl2O5. The number of aliphatic hydroxyl groups is 3. The van der Waals surface area contributed by atoms with Gasteiger partial charge >= 0.3 is 5.97 Å². The summed E-state index contributed by atoms with van der Waals surface area (Å²) in [7, 11) is 0. The van der Waals surface area contributed by atoms with Crippen molar-refractivity contribution in [2.45, 2.75) is 57.3 Å². The molecule has 1 aromatic rings. The lowest BCUT2D eigenvalue weighted by Gasteiger charge is -2.11. The Morgan fingerprint density at radius 3 is 2.36 bits per heavy atom. The highest BCUT2D eigenvalue weighted by Crippen LogP contribution is 2.23. The SMILES string of the molecule is O=C(O)/C(=C/C(O)O)CC(O)CCCCCCc1ccc(Cl)cc1Cl. The van der Waals surface area contributed by atoms with Crippen molar-refractivity contribution in [3.05, 3.63) is 45.5 Å². The highest BCUT2D eigenvalue weighted by atomic mass is 35.5. The molecule has 140 valence electrons. The normalized spacial score (nSPS) is 13.3. The minimum absolute atomic E-state index is 0.104. The fourth-order valence-corrected chi connectivity index (χ4v) is 3.04. The third kappa shape index (κ3) is 9.23. The predicted octanol–water partition coefficient (Wildman–Crippen LogP) is 3.56. The molecule has 0 heterocycles. The topological polar surface area (TPSA) is 98.0 Å². The molecule has 0 aromatic heterocycles. The van der Waals surface area contributed by atoms with Gasteiger partial charge in [0.05, 0.1) is 6.10 Å². The minimum Gasteiger partial charge on any atom is -0.478 e. The van der Waals surface area contributed by atoms with E-state index in [0.717, 1.165) is 43.7 Å². The van der Waals surface area contributed by atoms with Crippen LogP contribution in [0, 0.1) is 0 Å². The van der Waals surface area contributed by atoms with E-state index >= 15 is 0 Å². The Labute approximate surface area is 157 Å². The van der Waals surface area contributed by atoms with E-state index < -0.39 is 18.4 Å². The van der Waals surface area contributed by atoms with Crippen molar-refractivity contribution < 1.29 is 25.2 Å². The zero-order valence-corrected chi connectivity index (χ0v) is 15.4. The lowest BCUT2D eigenvalue weighted by Crippen LogP contribution is -2.15. The van der Waals surface area contributed by atoms with Crippen molar-refractivity contribution in [3.8, 4) is 0 Å². The Morgan fingerprint density at radius 1 is 1.08 bits per heavy atom. The first-order valence-electron chi connectivity index (χ1n) is 8.21. The molecule has 0 amide bonds. The van der Waals surface area contributed by atoms with Gasteiger partial charge in [0.25, 0.3) is 0 Å². The molecule has 0 bridgehead atoms. The fraction of sp³-hybridized carbons (Fsp3) is 0.500. The molecule has 4 N–H and O–H groups in total. The molecule has 1 rings (SSSR count). The van der Waals surface area contributed by atoms with E-state index in [9.17, 15) is 9.90 Å². The second-order valence-corrected chi connectivity index (χ2v) is 6.80. The van der Waals surface area contributed by atoms with Crippen LogP contribution in [0.1, 0.15) is 44.1 Å². The summed E-state index contributed by atoms with van der Waals surface area (Å²) in [6, 6.07) is 5.46. The molecule has 0 spiro atoms. The van der Waals surface area contributed by atoms with Crippen molar-refractivity contribution in [1.29, 1.82) is 0 Å². The average molecular weight is 391 g/mol. The third-order valence-corrected chi connectivity index (χ3v) is 4.42. The first kappa shape index (κ1) is 21.9. The molecule has 1 unspecified atom stereocenters. The molecule has 0 saturated carbocycles. The lowest BCUT2D eigenvalue weighted by atomic mass is 10.0. The van der Waals surface area contributed by atoms with Crippen LogP contribution in [0.15, 0.2) is 29.8 Å². The number of carboxylic acid groups (broad SMARTS) is 1. The molecule has 0 fully saturated rings. The van der Waals surface area contributed by atoms with Crippen LogP contribution >= 0.6 is 23.2 Å². The Balaban J connectivity index is 2.23. The second kappa shape index (κ2) is 11.5. The van der Waals surface area contributed by atoms with Gasteiger partial charge in [-0.2, -0.15) is 0 Å². The number of aliphatic carboxylic acids is 1. The zero-order chi connectivity index (χ0) is 18.8. The van der Waals surface area contributed by atoms with Crippen molar-refractivity contribution in [1.82, 2.24) is 0 Å². The van der Waals surface area contributed by atoms with Gasteiger partial charge in [0.1, 0.15) is 0 Å². The molecule has 7 heteroatoms. The van der Waals surface area contributed by atoms with E-state index in [1.165, 1.54) is 0 Å². The van der Waals surface area contributed by atoms with Crippen LogP contribution in [0.3, 0.4) is 0 Å². The number of rotatable bonds is 11. The number of unbranched alkanes of at least 4 members (excludes halogenated alkanes) is 3. The van der Waals surface area contributed by atoms with Gasteiger partial charge in [0.2, 0.25) is 0 Å². The summed E-state index contributed by atoms with van der Waals surface area (Å²) in [5.74, 6) is -1.26. The van der Waals surface area contributed by atoms with Gasteiger partial charge < -0.3 is 20.4 Å². The Hall–Kier alpha value is -1.11. The molecule has 25 heavy (non-hydrogen) atoms. The maximum atomic E-state index is 10.9. The average Bonchev–Trinajstić information content (AvgIpc) is 2.51. The number of hydrogen-bond acceptors (Lipinski definition) is 4. The maximum Gasteiger partial charge on any atom is 0.331 e. The largest absolute Gasteiger partial charge is 0.478 e. The summed E-state index contributed by atoms with van der Waals surface area (Å²) in [6.45, 7) is 0. The summed E-state index contributed by atoms with van der Waals surface area (Å²) >= 11 is 12.0. The Morgan fingerprint density at radius 2 is 1.76 bits per heavy atom. The third-order valence-electron chi connectivity index (χ3n) is 3.83. The Kier molecular flexibility index (Phi) is 10.1. The van der Waals surface area contributed by atoms with E-state index in [2.05, 4.69) is 0 Å². The smallest absolute Gasteiger partial charge is 0.331 e. The molecule has 0 saturated heterocycles. The van der Waals surface area contributed by atoms with E-state index in [1.807, 2.05) is 12.1 Å². The van der Waals surface area contributed by atoms with E-state index in [-0.39, 0.29) is 12.0 Å². The van der Waals surface area contributed by atoms with E-state index in [4.69, 9.17) is 38.5 Å². The maximum absolute atomic E-state index is 10.9. The fourth-order valence-electron chi connectivity index (χ4n) is 2.54. The monoisotopic (exact) mass is 390 g/mol. The summed E-state index contributed by atoms with van der Waals surface area (Å²) in [4.78, 5) is 10.9. The lowest BCUT2D eigenvalue weighted by molar-refractivity contribution is -0.133. The van der Waals surface area contributed by atoms with Crippen molar-refractivity contribution >= 4 is 29.2 Å². The van der Waals surface area contributed by atoms with Crippen molar-refractivity contribution in [3.63, 3.8) is 0 Å². The summed E-state index contributed by atoms with van der Waals surface area (Å²) in [6.07, 6.45) is 3.02. The number of aryl methyl sites for hydroxylation is 1. The van der Waals surface area contributed by atoms with Crippen LogP contribution in [0.4, 0.5) is 0 Å². The number of carbonyl (C=O) groups is 1. The quantitative estimate of drug-likeness (QED) is 0.263. The van der Waals surface area contributed by atoms with E-state index in [1.54, 1.807) is 6.07 Å². The molecule has 0 aliphatic rings. The number of benzene rings is 1. The van der Waals surface area contributed by atoms with Gasteiger partial charge in [0.15, 0.2) is 6.29 Å². The van der Waals surface area contributed by atoms with Crippen LogP contribution < -0.4 is 0 Å². The number of hydrogen-bond donors (Lipinski definition) is 4. The van der Waals surface area contributed by atoms with Crippen LogP contribution in [-0.2, 0) is 11.2 Å². The molecule has 0 aliphatic heterocycles. The summed E-state index contributed by atoms with van der Waals surface area (Å²) in [5.41, 5.74) is 0.866. The van der Waals surface area contributed by atoms with Gasteiger partial charge in [-0.1, -0.05) is 48.5 Å². The van der Waals surface area contributed by atoms with Gasteiger partial charge in [-0.15, -0.1) is 0 Å². The van der Waals surface area contributed by atoms with Crippen LogP contribution in [0.25, 0.3) is 0 Å². The molecule has 0 radical (unpaired) electrons. The van der Waals surface area contributed by atoms with Crippen molar-refractivity contribution in [2.75, 3.05) is 0 Å². The van der Waals surface area contributed by atoms with E-state index in [0.29, 0.717) is 16.5 Å². The Bertz CT molecular complexity index is 587. The number of carboxylic acids is 1. The standard InChI is InChI=1S/C18H24Cl2O5/c19-14-8-7-12(16(20)11-14)5-3-1-2-4-6-15(21)9-13(18(24)25)10-17(22)23/h7-8,10-11,15,17,21-23H,1-6,9H2,(H,24,25)/b13-10+. The minimum atomic E-state index is -1.84. The molecule has 1 aromatic carbocycles. The highest BCUT2D eigenvalue weighted by molar-refractivity contribution is 6.35. The summed E-state index contributed by atoms with van der Waals surface area (Å²) < 4.78 is 0. The van der Waals surface area contributed by atoms with Crippen LogP contribution in [0.2, 0.25) is 10.0 Å². The zero-order valence-electron chi connectivity index (χ0n) is 13.9. The molecule has 1 atom stereocenters. The number of halogens is 2. The first-order valence-corrected chi connectivity index (χ1v) is 8.97. The number of aliphatic hydroxyl groups excluding tert-OH is 2. The first-order chi connectivity index (χ1) is 11.8. The summed E-state index contributed by atoms with van der Waals surface area (Å²) in [5, 5.41) is 37.7. The molecular weight excluding hydrogens is 367 g/mol. The van der Waals surface area contributed by atoms with Crippen LogP contribution in [0.5, 0.6) is 0 Å². The van der Waals surface area contributed by atoms with Crippen molar-refractivity contribution in [2.24, 2.45) is 0 Å². The second-order valence-electron chi connectivity index (χ2n) is 5.96.